The molecule has 0 spiro atoms. The van der Waals surface area contributed by atoms with E-state index in [1.54, 1.807) is 6.07 Å². The van der Waals surface area contributed by atoms with E-state index in [-0.39, 0.29) is 11.8 Å². The molecule has 0 bridgehead atoms. The third kappa shape index (κ3) is 2.49. The Bertz CT molecular complexity index is 314. The van der Waals surface area contributed by atoms with Crippen molar-refractivity contribution in [3.8, 4) is 5.75 Å². The second-order valence-corrected chi connectivity index (χ2v) is 4.48. The predicted octanol–water partition coefficient (Wildman–Crippen LogP) is 3.20. The fourth-order valence-corrected chi connectivity index (χ4v) is 1.71. The van der Waals surface area contributed by atoms with Gasteiger partial charge in [0.2, 0.25) is 0 Å². The smallest absolute Gasteiger partial charge is 0.129 e. The second kappa shape index (κ2) is 4.80. The maximum Gasteiger partial charge on any atom is 0.129 e. The van der Waals surface area contributed by atoms with Gasteiger partial charge in [0.1, 0.15) is 5.75 Å². The molecule has 0 aliphatic carbocycles. The minimum absolute atomic E-state index is 0.0388. The summed E-state index contributed by atoms with van der Waals surface area (Å²) in [6.07, 6.45) is 1.06. The van der Waals surface area contributed by atoms with Gasteiger partial charge in [-0.3, -0.25) is 0 Å². The molecule has 0 fully saturated rings. The monoisotopic (exact) mass is 257 g/mol. The molecule has 3 N–H and O–H groups in total. The minimum atomic E-state index is 0.0388. The lowest BCUT2D eigenvalue weighted by Crippen LogP contribution is -2.18. The molecule has 0 radical (unpaired) electrons. The van der Waals surface area contributed by atoms with Crippen molar-refractivity contribution >= 4 is 15.9 Å². The van der Waals surface area contributed by atoms with Crippen LogP contribution in [0.1, 0.15) is 31.9 Å². The van der Waals surface area contributed by atoms with Gasteiger partial charge in [-0.15, -0.1) is 0 Å². The number of rotatable bonds is 3. The summed E-state index contributed by atoms with van der Waals surface area (Å²) in [5, 5.41) is 9.33. The SMILES string of the molecule is CCC(C)[C@H](N)c1ccc(O)c(Br)c1. The Morgan fingerprint density at radius 3 is 2.64 bits per heavy atom. The summed E-state index contributed by atoms with van der Waals surface area (Å²) >= 11 is 3.28. The first-order valence-corrected chi connectivity index (χ1v) is 5.59. The lowest BCUT2D eigenvalue weighted by Gasteiger charge is -2.19. The van der Waals surface area contributed by atoms with Gasteiger partial charge in [-0.1, -0.05) is 26.3 Å². The van der Waals surface area contributed by atoms with Crippen molar-refractivity contribution in [2.24, 2.45) is 11.7 Å². The fourth-order valence-electron chi connectivity index (χ4n) is 1.31. The summed E-state index contributed by atoms with van der Waals surface area (Å²) in [7, 11) is 0. The Balaban J connectivity index is 2.91. The zero-order valence-corrected chi connectivity index (χ0v) is 10.1. The normalized spacial score (nSPS) is 15.1. The van der Waals surface area contributed by atoms with Gasteiger partial charge < -0.3 is 10.8 Å². The average molecular weight is 258 g/mol. The summed E-state index contributed by atoms with van der Waals surface area (Å²) in [5.41, 5.74) is 7.12. The maximum atomic E-state index is 9.33. The van der Waals surface area contributed by atoms with E-state index >= 15 is 0 Å². The largest absolute Gasteiger partial charge is 0.507 e. The van der Waals surface area contributed by atoms with Crippen LogP contribution in [0.3, 0.4) is 0 Å². The summed E-state index contributed by atoms with van der Waals surface area (Å²) in [4.78, 5) is 0. The highest BCUT2D eigenvalue weighted by Gasteiger charge is 2.13. The van der Waals surface area contributed by atoms with Crippen molar-refractivity contribution in [3.05, 3.63) is 28.2 Å². The first-order chi connectivity index (χ1) is 6.56. The quantitative estimate of drug-likeness (QED) is 0.874. The summed E-state index contributed by atoms with van der Waals surface area (Å²) in [5.74, 6) is 0.705. The number of phenols is 1. The van der Waals surface area contributed by atoms with Crippen LogP contribution < -0.4 is 5.73 Å². The Hall–Kier alpha value is -0.540. The van der Waals surface area contributed by atoms with Crippen LogP contribution in [-0.4, -0.2) is 5.11 Å². The van der Waals surface area contributed by atoms with Crippen LogP contribution in [0.4, 0.5) is 0 Å². The van der Waals surface area contributed by atoms with E-state index in [2.05, 4.69) is 29.8 Å². The molecular weight excluding hydrogens is 242 g/mol. The van der Waals surface area contributed by atoms with Crippen LogP contribution >= 0.6 is 15.9 Å². The third-order valence-corrected chi connectivity index (χ3v) is 3.25. The van der Waals surface area contributed by atoms with E-state index in [0.29, 0.717) is 10.4 Å². The Morgan fingerprint density at radius 2 is 2.14 bits per heavy atom. The van der Waals surface area contributed by atoms with Crippen LogP contribution in [0.25, 0.3) is 0 Å². The summed E-state index contributed by atoms with van der Waals surface area (Å²) < 4.78 is 0.703. The first kappa shape index (κ1) is 11.5. The summed E-state index contributed by atoms with van der Waals surface area (Å²) in [6.45, 7) is 4.26. The van der Waals surface area contributed by atoms with Crippen LogP contribution in [0.5, 0.6) is 5.75 Å². The second-order valence-electron chi connectivity index (χ2n) is 3.62. The minimum Gasteiger partial charge on any atom is -0.507 e. The van der Waals surface area contributed by atoms with Crippen LogP contribution in [-0.2, 0) is 0 Å². The molecule has 2 atom stereocenters. The molecule has 0 aromatic heterocycles. The molecule has 0 aliphatic heterocycles. The van der Waals surface area contributed by atoms with E-state index in [0.717, 1.165) is 12.0 Å². The molecule has 0 heterocycles. The molecule has 78 valence electrons. The van der Waals surface area contributed by atoms with E-state index in [4.69, 9.17) is 5.73 Å². The highest BCUT2D eigenvalue weighted by molar-refractivity contribution is 9.10. The molecule has 14 heavy (non-hydrogen) atoms. The first-order valence-electron chi connectivity index (χ1n) is 4.80. The van der Waals surface area contributed by atoms with Crippen molar-refractivity contribution in [1.29, 1.82) is 0 Å². The Kier molecular flexibility index (Phi) is 3.96. The maximum absolute atomic E-state index is 9.33. The zero-order chi connectivity index (χ0) is 10.7. The van der Waals surface area contributed by atoms with Gasteiger partial charge >= 0.3 is 0 Å². The molecule has 1 aromatic carbocycles. The predicted molar refractivity (Wildman–Crippen MR) is 62.2 cm³/mol. The average Bonchev–Trinajstić information content (AvgIpc) is 2.20. The van der Waals surface area contributed by atoms with E-state index in [1.807, 2.05) is 12.1 Å². The molecule has 0 saturated carbocycles. The zero-order valence-electron chi connectivity index (χ0n) is 8.50. The van der Waals surface area contributed by atoms with Gasteiger partial charge in [-0.2, -0.15) is 0 Å². The molecular formula is C11H16BrNO. The van der Waals surface area contributed by atoms with Crippen LogP contribution in [0.15, 0.2) is 22.7 Å². The number of phenolic OH excluding ortho intramolecular Hbond substituents is 1. The molecule has 3 heteroatoms. The topological polar surface area (TPSA) is 46.2 Å². The molecule has 1 unspecified atom stereocenters. The number of hydrogen-bond acceptors (Lipinski definition) is 2. The summed E-state index contributed by atoms with van der Waals surface area (Å²) in [6, 6.07) is 5.46. The lowest BCUT2D eigenvalue weighted by atomic mass is 9.93. The number of aromatic hydroxyl groups is 1. The van der Waals surface area contributed by atoms with Crippen LogP contribution in [0.2, 0.25) is 0 Å². The number of halogens is 1. The molecule has 2 nitrogen and oxygen atoms in total. The molecule has 1 aromatic rings. The standard InChI is InChI=1S/C11H16BrNO/c1-3-7(2)11(13)8-4-5-10(14)9(12)6-8/h4-7,11,14H,3,13H2,1-2H3/t7?,11-/m0/s1. The lowest BCUT2D eigenvalue weighted by molar-refractivity contribution is 0.452. The number of hydrogen-bond donors (Lipinski definition) is 2. The molecule has 1 rings (SSSR count). The van der Waals surface area contributed by atoms with E-state index in [1.165, 1.54) is 0 Å². The van der Waals surface area contributed by atoms with Crippen molar-refractivity contribution in [2.75, 3.05) is 0 Å². The number of benzene rings is 1. The molecule has 0 saturated heterocycles. The Morgan fingerprint density at radius 1 is 1.50 bits per heavy atom. The van der Waals surface area contributed by atoms with Gasteiger partial charge in [0.25, 0.3) is 0 Å². The van der Waals surface area contributed by atoms with E-state index < -0.39 is 0 Å². The van der Waals surface area contributed by atoms with Crippen molar-refractivity contribution in [2.45, 2.75) is 26.3 Å². The van der Waals surface area contributed by atoms with Gasteiger partial charge in [0, 0.05) is 6.04 Å². The van der Waals surface area contributed by atoms with Gasteiger partial charge in [0.05, 0.1) is 4.47 Å². The number of nitrogens with two attached hydrogens (primary N) is 1. The van der Waals surface area contributed by atoms with Gasteiger partial charge in [-0.25, -0.2) is 0 Å². The molecule has 0 amide bonds. The van der Waals surface area contributed by atoms with Crippen molar-refractivity contribution < 1.29 is 5.11 Å². The fraction of sp³-hybridized carbons (Fsp3) is 0.455. The highest BCUT2D eigenvalue weighted by atomic mass is 79.9. The van der Waals surface area contributed by atoms with Crippen LogP contribution in [0, 0.1) is 5.92 Å². The van der Waals surface area contributed by atoms with E-state index in [9.17, 15) is 5.11 Å². The van der Waals surface area contributed by atoms with Crippen molar-refractivity contribution in [1.82, 2.24) is 0 Å². The Labute approximate surface area is 93.3 Å². The molecule has 0 aliphatic rings. The van der Waals surface area contributed by atoms with Gasteiger partial charge in [0.15, 0.2) is 0 Å². The third-order valence-electron chi connectivity index (χ3n) is 2.61. The van der Waals surface area contributed by atoms with Gasteiger partial charge in [-0.05, 0) is 39.5 Å². The highest BCUT2D eigenvalue weighted by Crippen LogP contribution is 2.29. The van der Waals surface area contributed by atoms with Crippen molar-refractivity contribution in [3.63, 3.8) is 0 Å².